The molecule has 0 saturated carbocycles. The minimum absolute atomic E-state index is 0.0559. The molecule has 2 heterocycles. The van der Waals surface area contributed by atoms with Crippen LogP contribution in [0.3, 0.4) is 0 Å². The number of β-amino-alcohol motifs (C(OH)–C–C–N with tert-alkyl or cyclic N) is 1. The molecule has 1 N–H and O–H groups in total. The fourth-order valence-electron chi connectivity index (χ4n) is 2.54. The normalized spacial score (nSPS) is 34.4. The van der Waals surface area contributed by atoms with Crippen molar-refractivity contribution in [3.05, 3.63) is 0 Å². The number of amides is 1. The number of hydrogen-bond donors (Lipinski definition) is 1. The lowest BCUT2D eigenvalue weighted by Crippen LogP contribution is -2.48. The summed E-state index contributed by atoms with van der Waals surface area (Å²) < 4.78 is 4.98. The van der Waals surface area contributed by atoms with Crippen LogP contribution in [0, 0.1) is 0 Å². The molecule has 15 heavy (non-hydrogen) atoms. The fraction of sp³-hybridized carbons (Fsp3) is 0.800. The van der Waals surface area contributed by atoms with Gasteiger partial charge in [-0.2, -0.15) is 0 Å². The molecular weight excluding hydrogens is 198 g/mol. The van der Waals surface area contributed by atoms with Crippen molar-refractivity contribution in [2.75, 3.05) is 13.2 Å². The van der Waals surface area contributed by atoms with Gasteiger partial charge in [0.05, 0.1) is 12.7 Å². The van der Waals surface area contributed by atoms with E-state index in [2.05, 4.69) is 0 Å². The number of nitrogens with zero attached hydrogens (tertiary/aromatic N) is 1. The molecule has 2 aliphatic heterocycles. The van der Waals surface area contributed by atoms with Crippen LogP contribution in [0.25, 0.3) is 0 Å². The van der Waals surface area contributed by atoms with Gasteiger partial charge in [0.2, 0.25) is 5.91 Å². The quantitative estimate of drug-likeness (QED) is 0.638. The Hall–Kier alpha value is -1.10. The lowest BCUT2D eigenvalue weighted by atomic mass is 9.93. The van der Waals surface area contributed by atoms with Gasteiger partial charge in [0.25, 0.3) is 0 Å². The van der Waals surface area contributed by atoms with Crippen molar-refractivity contribution in [1.29, 1.82) is 0 Å². The summed E-state index contributed by atoms with van der Waals surface area (Å²) >= 11 is 0. The number of ether oxygens (including phenoxy) is 1. The second-order valence-electron chi connectivity index (χ2n) is 4.11. The lowest BCUT2D eigenvalue weighted by molar-refractivity contribution is -0.157. The number of hydrogen-bond acceptors (Lipinski definition) is 4. The van der Waals surface area contributed by atoms with Crippen LogP contribution in [-0.4, -0.2) is 46.7 Å². The Labute approximate surface area is 88.0 Å². The molecule has 2 saturated heterocycles. The number of aliphatic hydroxyl groups is 1. The number of fused-ring (bicyclic) bond motifs is 1. The second-order valence-corrected chi connectivity index (χ2v) is 4.11. The van der Waals surface area contributed by atoms with E-state index in [4.69, 9.17) is 4.74 Å². The molecule has 0 radical (unpaired) electrons. The summed E-state index contributed by atoms with van der Waals surface area (Å²) in [4.78, 5) is 24.8. The smallest absolute Gasteiger partial charge is 0.332 e. The van der Waals surface area contributed by atoms with Crippen LogP contribution in [0.15, 0.2) is 0 Å². The Morgan fingerprint density at radius 2 is 2.47 bits per heavy atom. The summed E-state index contributed by atoms with van der Waals surface area (Å²) in [5.41, 5.74) is -0.869. The highest BCUT2D eigenvalue weighted by Gasteiger charge is 2.57. The van der Waals surface area contributed by atoms with Crippen LogP contribution in [0.1, 0.15) is 26.2 Å². The first-order valence-corrected chi connectivity index (χ1v) is 5.26. The van der Waals surface area contributed by atoms with Gasteiger partial charge in [0, 0.05) is 19.4 Å². The summed E-state index contributed by atoms with van der Waals surface area (Å²) in [6, 6.07) is 0. The lowest BCUT2D eigenvalue weighted by Gasteiger charge is -2.28. The number of carbonyl (C=O) groups is 2. The Kier molecular flexibility index (Phi) is 2.42. The number of esters is 1. The van der Waals surface area contributed by atoms with Gasteiger partial charge in [0.15, 0.2) is 0 Å². The minimum atomic E-state index is -0.869. The van der Waals surface area contributed by atoms with E-state index in [0.29, 0.717) is 25.9 Å². The molecule has 2 rings (SSSR count). The van der Waals surface area contributed by atoms with Crippen molar-refractivity contribution in [3.63, 3.8) is 0 Å². The zero-order chi connectivity index (χ0) is 11.1. The molecule has 2 aliphatic rings. The van der Waals surface area contributed by atoms with Crippen LogP contribution in [-0.2, 0) is 14.3 Å². The molecule has 1 amide bonds. The molecular formula is C10H15NO4. The van der Waals surface area contributed by atoms with E-state index in [-0.39, 0.29) is 18.4 Å². The topological polar surface area (TPSA) is 66.8 Å². The standard InChI is InChI=1S/C10H15NO4/c1-2-15-9(14)10-4-3-8(13)11(10)6-7(12)5-10/h7,12H,2-6H2,1H3/t7?,10-/m0/s1. The molecule has 5 heteroatoms. The van der Waals surface area contributed by atoms with Crippen LogP contribution >= 0.6 is 0 Å². The van der Waals surface area contributed by atoms with E-state index in [0.717, 1.165) is 0 Å². The average molecular weight is 213 g/mol. The fourth-order valence-corrected chi connectivity index (χ4v) is 2.54. The van der Waals surface area contributed by atoms with Crippen LogP contribution in [0.2, 0.25) is 0 Å². The van der Waals surface area contributed by atoms with Crippen LogP contribution < -0.4 is 0 Å². The van der Waals surface area contributed by atoms with Gasteiger partial charge < -0.3 is 14.7 Å². The summed E-state index contributed by atoms with van der Waals surface area (Å²) in [7, 11) is 0. The van der Waals surface area contributed by atoms with Crippen LogP contribution in [0.4, 0.5) is 0 Å². The van der Waals surface area contributed by atoms with Gasteiger partial charge in [-0.3, -0.25) is 4.79 Å². The summed E-state index contributed by atoms with van der Waals surface area (Å²) in [6.45, 7) is 2.30. The first kappa shape index (κ1) is 10.4. The van der Waals surface area contributed by atoms with Gasteiger partial charge in [-0.05, 0) is 13.3 Å². The van der Waals surface area contributed by atoms with Gasteiger partial charge >= 0.3 is 5.97 Å². The highest BCUT2D eigenvalue weighted by atomic mass is 16.5. The molecule has 2 atom stereocenters. The first-order valence-electron chi connectivity index (χ1n) is 5.26. The number of carbonyl (C=O) groups excluding carboxylic acids is 2. The Morgan fingerprint density at radius 3 is 3.13 bits per heavy atom. The number of rotatable bonds is 2. The Bertz CT molecular complexity index is 304. The van der Waals surface area contributed by atoms with E-state index in [1.54, 1.807) is 6.92 Å². The van der Waals surface area contributed by atoms with Gasteiger partial charge in [-0.25, -0.2) is 4.79 Å². The van der Waals surface area contributed by atoms with Crippen molar-refractivity contribution in [1.82, 2.24) is 4.90 Å². The third-order valence-corrected chi connectivity index (χ3v) is 3.19. The molecule has 0 bridgehead atoms. The maximum absolute atomic E-state index is 11.8. The van der Waals surface area contributed by atoms with Crippen molar-refractivity contribution >= 4 is 11.9 Å². The largest absolute Gasteiger partial charge is 0.464 e. The Balaban J connectivity index is 2.24. The predicted molar refractivity (Wildman–Crippen MR) is 50.9 cm³/mol. The second kappa shape index (κ2) is 3.48. The predicted octanol–water partition coefficient (Wildman–Crippen LogP) is -0.325. The molecule has 0 aromatic rings. The zero-order valence-electron chi connectivity index (χ0n) is 8.73. The Morgan fingerprint density at radius 1 is 1.73 bits per heavy atom. The van der Waals surface area contributed by atoms with E-state index in [9.17, 15) is 14.7 Å². The van der Waals surface area contributed by atoms with Gasteiger partial charge in [0.1, 0.15) is 5.54 Å². The van der Waals surface area contributed by atoms with Crippen molar-refractivity contribution in [3.8, 4) is 0 Å². The zero-order valence-corrected chi connectivity index (χ0v) is 8.73. The van der Waals surface area contributed by atoms with E-state index < -0.39 is 11.6 Å². The van der Waals surface area contributed by atoms with Crippen molar-refractivity contribution in [2.45, 2.75) is 37.8 Å². The highest BCUT2D eigenvalue weighted by molar-refractivity contribution is 5.92. The van der Waals surface area contributed by atoms with Crippen molar-refractivity contribution < 1.29 is 19.4 Å². The minimum Gasteiger partial charge on any atom is -0.464 e. The molecule has 0 aromatic heterocycles. The van der Waals surface area contributed by atoms with Crippen LogP contribution in [0.5, 0.6) is 0 Å². The third kappa shape index (κ3) is 1.42. The monoisotopic (exact) mass is 213 g/mol. The number of aliphatic hydroxyl groups excluding tert-OH is 1. The first-order chi connectivity index (χ1) is 7.10. The molecule has 0 aromatic carbocycles. The molecule has 1 unspecified atom stereocenters. The summed E-state index contributed by atoms with van der Waals surface area (Å²) in [5.74, 6) is -0.424. The molecule has 0 aliphatic carbocycles. The van der Waals surface area contributed by atoms with Crippen molar-refractivity contribution in [2.24, 2.45) is 0 Å². The third-order valence-electron chi connectivity index (χ3n) is 3.19. The molecule has 84 valence electrons. The van der Waals surface area contributed by atoms with Gasteiger partial charge in [-0.15, -0.1) is 0 Å². The maximum Gasteiger partial charge on any atom is 0.332 e. The molecule has 0 spiro atoms. The van der Waals surface area contributed by atoms with E-state index in [1.165, 1.54) is 4.90 Å². The molecule has 2 fully saturated rings. The highest BCUT2D eigenvalue weighted by Crippen LogP contribution is 2.40. The average Bonchev–Trinajstić information content (AvgIpc) is 2.66. The van der Waals surface area contributed by atoms with E-state index in [1.807, 2.05) is 0 Å². The summed E-state index contributed by atoms with van der Waals surface area (Å²) in [5, 5.41) is 9.53. The molecule has 5 nitrogen and oxygen atoms in total. The SMILES string of the molecule is CCOC(=O)[C@@]12CCC(=O)N1CC(O)C2. The summed E-state index contributed by atoms with van der Waals surface area (Å²) in [6.07, 6.45) is 0.573. The van der Waals surface area contributed by atoms with E-state index >= 15 is 0 Å². The maximum atomic E-state index is 11.8. The van der Waals surface area contributed by atoms with Gasteiger partial charge in [-0.1, -0.05) is 0 Å².